The van der Waals surface area contributed by atoms with E-state index >= 15 is 0 Å². The Morgan fingerprint density at radius 2 is 2.12 bits per heavy atom. The van der Waals surface area contributed by atoms with Crippen LogP contribution in [0, 0.1) is 5.92 Å². The van der Waals surface area contributed by atoms with Gasteiger partial charge in [-0.2, -0.15) is 0 Å². The predicted molar refractivity (Wildman–Crippen MR) is 94.2 cm³/mol. The van der Waals surface area contributed by atoms with Crippen molar-refractivity contribution in [3.63, 3.8) is 0 Å². The van der Waals surface area contributed by atoms with Gasteiger partial charge in [-0.25, -0.2) is 4.98 Å². The number of amides is 1. The summed E-state index contributed by atoms with van der Waals surface area (Å²) in [5.74, 6) is -0.131. The fourth-order valence-electron chi connectivity index (χ4n) is 2.89. The van der Waals surface area contributed by atoms with E-state index in [0.717, 1.165) is 5.39 Å². The van der Waals surface area contributed by atoms with E-state index in [1.165, 1.54) is 10.9 Å². The van der Waals surface area contributed by atoms with E-state index in [1.54, 1.807) is 13.0 Å². The lowest BCUT2D eigenvalue weighted by atomic mass is 10.1. The third kappa shape index (κ3) is 3.71. The first-order valence-electron chi connectivity index (χ1n) is 8.27. The molecule has 2 unspecified atom stereocenters. The van der Waals surface area contributed by atoms with Crippen LogP contribution in [0.3, 0.4) is 0 Å². The summed E-state index contributed by atoms with van der Waals surface area (Å²) < 4.78 is 6.83. The van der Waals surface area contributed by atoms with E-state index in [0.29, 0.717) is 24.1 Å². The maximum Gasteiger partial charge on any atom is 0.297 e. The van der Waals surface area contributed by atoms with Gasteiger partial charge in [0, 0.05) is 11.9 Å². The Hall–Kier alpha value is -2.67. The number of aromatic nitrogens is 2. The van der Waals surface area contributed by atoms with Crippen molar-refractivity contribution in [3.8, 4) is 0 Å². The van der Waals surface area contributed by atoms with Crippen LogP contribution in [0.2, 0.25) is 0 Å². The van der Waals surface area contributed by atoms with Gasteiger partial charge in [0.15, 0.2) is 0 Å². The molecule has 0 fully saturated rings. The lowest BCUT2D eigenvalue weighted by molar-refractivity contribution is -0.121. The molecule has 2 N–H and O–H groups in total. The van der Waals surface area contributed by atoms with Gasteiger partial charge in [0.25, 0.3) is 5.56 Å². The molecule has 25 heavy (non-hydrogen) atoms. The minimum absolute atomic E-state index is 0.125. The Morgan fingerprint density at radius 1 is 1.36 bits per heavy atom. The highest BCUT2D eigenvalue weighted by Crippen LogP contribution is 2.23. The molecule has 0 aliphatic heterocycles. The third-order valence-corrected chi connectivity index (χ3v) is 4.06. The second-order valence-electron chi connectivity index (χ2n) is 6.45. The number of hydrogen-bond acceptors (Lipinski definition) is 5. The largest absolute Gasteiger partial charge is 0.448 e. The van der Waals surface area contributed by atoms with Crippen molar-refractivity contribution < 1.29 is 14.3 Å². The number of rotatable bonds is 6. The van der Waals surface area contributed by atoms with Gasteiger partial charge in [-0.3, -0.25) is 14.2 Å². The molecule has 2 heterocycles. The zero-order valence-electron chi connectivity index (χ0n) is 14.2. The smallest absolute Gasteiger partial charge is 0.297 e. The van der Waals surface area contributed by atoms with Crippen LogP contribution in [-0.4, -0.2) is 33.2 Å². The average molecular weight is 343 g/mol. The summed E-state index contributed by atoms with van der Waals surface area (Å²) in [4.78, 5) is 28.9. The molecule has 0 aliphatic carbocycles. The summed E-state index contributed by atoms with van der Waals surface area (Å²) in [5, 5.41) is 12.9. The summed E-state index contributed by atoms with van der Waals surface area (Å²) in [6, 6.07) is 7.29. The molecule has 3 aromatic rings. The summed E-state index contributed by atoms with van der Waals surface area (Å²) in [7, 11) is 0. The molecule has 2 atom stereocenters. The van der Waals surface area contributed by atoms with Crippen molar-refractivity contribution in [1.82, 2.24) is 14.9 Å². The minimum atomic E-state index is -0.408. The lowest BCUT2D eigenvalue weighted by Gasteiger charge is -2.14. The molecule has 0 spiro atoms. The van der Waals surface area contributed by atoms with Crippen LogP contribution in [0.15, 0.2) is 39.8 Å². The summed E-state index contributed by atoms with van der Waals surface area (Å²) in [6.07, 6.45) is 1.56. The van der Waals surface area contributed by atoms with Crippen molar-refractivity contribution in [3.05, 3.63) is 40.9 Å². The van der Waals surface area contributed by atoms with Crippen molar-refractivity contribution in [2.75, 3.05) is 6.54 Å². The topological polar surface area (TPSA) is 97.4 Å². The molecular weight excluding hydrogens is 322 g/mol. The first-order valence-corrected chi connectivity index (χ1v) is 8.27. The van der Waals surface area contributed by atoms with Gasteiger partial charge >= 0.3 is 0 Å². The monoisotopic (exact) mass is 343 g/mol. The number of nitrogens with zero attached hydrogens (tertiary/aromatic N) is 2. The maximum absolute atomic E-state index is 12.5. The van der Waals surface area contributed by atoms with Gasteiger partial charge < -0.3 is 14.8 Å². The van der Waals surface area contributed by atoms with Crippen LogP contribution in [0.1, 0.15) is 20.3 Å². The van der Waals surface area contributed by atoms with Crippen molar-refractivity contribution >= 4 is 28.0 Å². The van der Waals surface area contributed by atoms with Crippen LogP contribution in [0.5, 0.6) is 0 Å². The van der Waals surface area contributed by atoms with E-state index in [4.69, 9.17) is 4.42 Å². The van der Waals surface area contributed by atoms with Crippen LogP contribution in [0.25, 0.3) is 22.1 Å². The molecule has 1 amide bonds. The molecule has 0 aliphatic rings. The molecule has 2 aromatic heterocycles. The molecule has 0 radical (unpaired) electrons. The van der Waals surface area contributed by atoms with Crippen molar-refractivity contribution in [2.45, 2.75) is 32.9 Å². The van der Waals surface area contributed by atoms with Crippen molar-refractivity contribution in [1.29, 1.82) is 0 Å². The number of carbonyl (C=O) groups is 1. The number of aliphatic hydroxyl groups excluding tert-OH is 1. The quantitative estimate of drug-likeness (QED) is 0.709. The highest BCUT2D eigenvalue weighted by molar-refractivity contribution is 6.01. The molecule has 7 nitrogen and oxygen atoms in total. The zero-order valence-corrected chi connectivity index (χ0v) is 14.2. The normalized spacial score (nSPS) is 13.9. The van der Waals surface area contributed by atoms with Gasteiger partial charge in [-0.15, -0.1) is 0 Å². The maximum atomic E-state index is 12.5. The number of aliphatic hydroxyl groups is 1. The average Bonchev–Trinajstić information content (AvgIpc) is 2.94. The molecule has 3 rings (SSSR count). The van der Waals surface area contributed by atoms with E-state index in [1.807, 2.05) is 25.1 Å². The SMILES string of the molecule is CC(O)CC(C)CNC(=O)Cn1cnc2c(oc3ccccc32)c1=O. The Labute approximate surface area is 144 Å². The Morgan fingerprint density at radius 3 is 2.88 bits per heavy atom. The van der Waals surface area contributed by atoms with E-state index in [-0.39, 0.29) is 29.5 Å². The van der Waals surface area contributed by atoms with Crippen LogP contribution >= 0.6 is 0 Å². The molecule has 1 aromatic carbocycles. The Bertz CT molecular complexity index is 958. The van der Waals surface area contributed by atoms with Gasteiger partial charge in [0.1, 0.15) is 17.6 Å². The summed E-state index contributed by atoms with van der Waals surface area (Å²) >= 11 is 0. The predicted octanol–water partition coefficient (Wildman–Crippen LogP) is 1.67. The minimum Gasteiger partial charge on any atom is -0.448 e. The highest BCUT2D eigenvalue weighted by Gasteiger charge is 2.15. The van der Waals surface area contributed by atoms with Gasteiger partial charge in [0.05, 0.1) is 12.4 Å². The zero-order chi connectivity index (χ0) is 18.0. The third-order valence-electron chi connectivity index (χ3n) is 4.06. The summed E-state index contributed by atoms with van der Waals surface area (Å²) in [5.41, 5.74) is 0.867. The van der Waals surface area contributed by atoms with Crippen LogP contribution < -0.4 is 10.9 Å². The summed E-state index contributed by atoms with van der Waals surface area (Å²) in [6.45, 7) is 3.98. The standard InChI is InChI=1S/C18H21N3O4/c1-11(7-12(2)22)8-19-15(23)9-21-10-20-16-13-5-3-4-6-14(13)25-17(16)18(21)24/h3-6,10-12,22H,7-9H2,1-2H3,(H,19,23). The van der Waals surface area contributed by atoms with E-state index < -0.39 is 6.10 Å². The first-order chi connectivity index (χ1) is 12.0. The van der Waals surface area contributed by atoms with E-state index in [9.17, 15) is 14.7 Å². The van der Waals surface area contributed by atoms with Crippen LogP contribution in [-0.2, 0) is 11.3 Å². The van der Waals surface area contributed by atoms with Gasteiger partial charge in [0.2, 0.25) is 11.5 Å². The molecule has 0 saturated carbocycles. The number of para-hydroxylation sites is 1. The molecule has 7 heteroatoms. The van der Waals surface area contributed by atoms with Gasteiger partial charge in [-0.1, -0.05) is 19.1 Å². The highest BCUT2D eigenvalue weighted by atomic mass is 16.3. The molecule has 0 saturated heterocycles. The molecular formula is C18H21N3O4. The second kappa shape index (κ2) is 7.06. The second-order valence-corrected chi connectivity index (χ2v) is 6.45. The van der Waals surface area contributed by atoms with Crippen molar-refractivity contribution in [2.24, 2.45) is 5.92 Å². The Kier molecular flexibility index (Phi) is 4.85. The van der Waals surface area contributed by atoms with Crippen LogP contribution in [0.4, 0.5) is 0 Å². The number of benzene rings is 1. The fraction of sp³-hybridized carbons (Fsp3) is 0.389. The number of fused-ring (bicyclic) bond motifs is 3. The number of furan rings is 1. The number of carbonyl (C=O) groups excluding carboxylic acids is 1. The number of hydrogen-bond donors (Lipinski definition) is 2. The first kappa shape index (κ1) is 17.2. The van der Waals surface area contributed by atoms with Gasteiger partial charge in [-0.05, 0) is 31.4 Å². The fourth-order valence-corrected chi connectivity index (χ4v) is 2.89. The van der Waals surface area contributed by atoms with E-state index in [2.05, 4.69) is 10.3 Å². The number of nitrogens with one attached hydrogen (secondary N) is 1. The molecule has 0 bridgehead atoms. The molecule has 132 valence electrons. The Balaban J connectivity index is 1.76. The lowest BCUT2D eigenvalue weighted by Crippen LogP contribution is -2.35.